The van der Waals surface area contributed by atoms with Crippen LogP contribution in [0.25, 0.3) is 22.4 Å². The van der Waals surface area contributed by atoms with Gasteiger partial charge in [-0.2, -0.15) is 0 Å². The summed E-state index contributed by atoms with van der Waals surface area (Å²) in [6.45, 7) is 0. The lowest BCUT2D eigenvalue weighted by Crippen LogP contribution is -2.11. The van der Waals surface area contributed by atoms with Crippen molar-refractivity contribution in [1.29, 1.82) is 0 Å². The van der Waals surface area contributed by atoms with Crippen molar-refractivity contribution in [3.63, 3.8) is 0 Å². The van der Waals surface area contributed by atoms with Gasteiger partial charge in [-0.15, -0.1) is 0 Å². The molecule has 1 aromatic heterocycles. The van der Waals surface area contributed by atoms with Crippen molar-refractivity contribution >= 4 is 69.0 Å². The van der Waals surface area contributed by atoms with E-state index >= 15 is 0 Å². The third kappa shape index (κ3) is 3.69. The van der Waals surface area contributed by atoms with Gasteiger partial charge in [-0.3, -0.25) is 4.79 Å². The normalized spacial score (nSPS) is 11.0. The molecular formula is C20H11Cl4N3O. The quantitative estimate of drug-likeness (QED) is 0.349. The number of imidazole rings is 1. The number of amides is 1. The lowest BCUT2D eigenvalue weighted by Gasteiger charge is -2.06. The highest BCUT2D eigenvalue weighted by molar-refractivity contribution is 6.42. The first-order valence-electron chi connectivity index (χ1n) is 8.13. The lowest BCUT2D eigenvalue weighted by molar-refractivity contribution is 0.102. The second-order valence-electron chi connectivity index (χ2n) is 6.00. The van der Waals surface area contributed by atoms with Crippen LogP contribution in [0.2, 0.25) is 20.1 Å². The molecule has 0 bridgehead atoms. The number of carbonyl (C=O) groups excluding carboxylic acids is 1. The van der Waals surface area contributed by atoms with E-state index in [9.17, 15) is 4.79 Å². The van der Waals surface area contributed by atoms with E-state index in [0.717, 1.165) is 0 Å². The molecule has 1 heterocycles. The molecule has 0 fully saturated rings. The van der Waals surface area contributed by atoms with E-state index in [4.69, 9.17) is 46.4 Å². The van der Waals surface area contributed by atoms with E-state index in [1.165, 1.54) is 0 Å². The molecule has 3 aromatic carbocycles. The van der Waals surface area contributed by atoms with E-state index in [-0.39, 0.29) is 5.91 Å². The summed E-state index contributed by atoms with van der Waals surface area (Å²) < 4.78 is 0. The van der Waals surface area contributed by atoms with Crippen LogP contribution in [-0.4, -0.2) is 15.9 Å². The smallest absolute Gasteiger partial charge is 0.255 e. The Morgan fingerprint density at radius 3 is 2.32 bits per heavy atom. The SMILES string of the molecule is O=C(Nc1ccc(Cl)c(Cl)c1)c1ccc2nc(-c3c(Cl)cccc3Cl)[nH]c2c1. The molecule has 1 amide bonds. The number of rotatable bonds is 3. The van der Waals surface area contributed by atoms with Crippen LogP contribution in [0.5, 0.6) is 0 Å². The van der Waals surface area contributed by atoms with Crippen LogP contribution in [0.15, 0.2) is 54.6 Å². The fraction of sp³-hybridized carbons (Fsp3) is 0. The fourth-order valence-electron chi connectivity index (χ4n) is 2.77. The molecule has 0 saturated heterocycles. The summed E-state index contributed by atoms with van der Waals surface area (Å²) in [4.78, 5) is 20.3. The van der Waals surface area contributed by atoms with Gasteiger partial charge in [-0.05, 0) is 48.5 Å². The summed E-state index contributed by atoms with van der Waals surface area (Å²) >= 11 is 24.4. The molecule has 0 saturated carbocycles. The van der Waals surface area contributed by atoms with Crippen LogP contribution in [0.3, 0.4) is 0 Å². The number of H-pyrrole nitrogens is 1. The first-order chi connectivity index (χ1) is 13.4. The molecular weight excluding hydrogens is 440 g/mol. The predicted octanol–water partition coefficient (Wildman–Crippen LogP) is 7.10. The number of nitrogens with one attached hydrogen (secondary N) is 2. The Morgan fingerprint density at radius 2 is 1.61 bits per heavy atom. The van der Waals surface area contributed by atoms with Gasteiger partial charge in [-0.25, -0.2) is 4.98 Å². The molecule has 0 aliphatic carbocycles. The number of nitrogens with zero attached hydrogens (tertiary/aromatic N) is 1. The van der Waals surface area contributed by atoms with Crippen molar-refractivity contribution in [2.75, 3.05) is 5.32 Å². The standard InChI is InChI=1S/C20H11Cl4N3O/c21-12-6-5-11(9-15(12)24)25-20(28)10-4-7-16-17(8-10)27-19(26-16)18-13(22)2-1-3-14(18)23/h1-9H,(H,25,28)(H,26,27). The Morgan fingerprint density at radius 1 is 0.857 bits per heavy atom. The number of aromatic nitrogens is 2. The Hall–Kier alpha value is -2.24. The average Bonchev–Trinajstić information content (AvgIpc) is 3.07. The Labute approximate surface area is 180 Å². The summed E-state index contributed by atoms with van der Waals surface area (Å²) in [6, 6.07) is 15.3. The number of anilines is 1. The second-order valence-corrected chi connectivity index (χ2v) is 7.63. The van der Waals surface area contributed by atoms with Gasteiger partial charge in [0.25, 0.3) is 5.91 Å². The first kappa shape index (κ1) is 19.1. The molecule has 4 rings (SSSR count). The van der Waals surface area contributed by atoms with Crippen molar-refractivity contribution in [3.05, 3.63) is 80.3 Å². The molecule has 0 atom stereocenters. The van der Waals surface area contributed by atoms with Gasteiger partial charge in [-0.1, -0.05) is 52.5 Å². The van der Waals surface area contributed by atoms with Crippen LogP contribution in [0.4, 0.5) is 5.69 Å². The summed E-state index contributed by atoms with van der Waals surface area (Å²) in [6.07, 6.45) is 0. The Balaban J connectivity index is 1.66. The summed E-state index contributed by atoms with van der Waals surface area (Å²) in [7, 11) is 0. The molecule has 0 aliphatic rings. The van der Waals surface area contributed by atoms with E-state index < -0.39 is 0 Å². The molecule has 8 heteroatoms. The highest BCUT2D eigenvalue weighted by atomic mass is 35.5. The Bertz CT molecular complexity index is 1200. The number of fused-ring (bicyclic) bond motifs is 1. The highest BCUT2D eigenvalue weighted by Crippen LogP contribution is 2.34. The zero-order valence-electron chi connectivity index (χ0n) is 14.1. The minimum atomic E-state index is -0.285. The van der Waals surface area contributed by atoms with Crippen molar-refractivity contribution in [2.45, 2.75) is 0 Å². The van der Waals surface area contributed by atoms with Crippen LogP contribution >= 0.6 is 46.4 Å². The number of hydrogen-bond acceptors (Lipinski definition) is 2. The maximum absolute atomic E-state index is 12.6. The van der Waals surface area contributed by atoms with Gasteiger partial charge < -0.3 is 10.3 Å². The summed E-state index contributed by atoms with van der Waals surface area (Å²) in [5.41, 5.74) is 3.00. The third-order valence-corrected chi connectivity index (χ3v) is 5.49. The maximum atomic E-state index is 12.6. The van der Waals surface area contributed by atoms with Gasteiger partial charge >= 0.3 is 0 Å². The van der Waals surface area contributed by atoms with Gasteiger partial charge in [0.05, 0.1) is 36.7 Å². The number of aromatic amines is 1. The molecule has 0 radical (unpaired) electrons. The van der Waals surface area contributed by atoms with E-state index in [2.05, 4.69) is 15.3 Å². The van der Waals surface area contributed by atoms with Crippen molar-refractivity contribution in [3.8, 4) is 11.4 Å². The number of hydrogen-bond donors (Lipinski definition) is 2. The zero-order chi connectivity index (χ0) is 19.8. The van der Waals surface area contributed by atoms with Crippen molar-refractivity contribution in [1.82, 2.24) is 9.97 Å². The second kappa shape index (κ2) is 7.64. The van der Waals surface area contributed by atoms with Crippen LogP contribution < -0.4 is 5.32 Å². The minimum absolute atomic E-state index is 0.285. The third-order valence-electron chi connectivity index (χ3n) is 4.12. The molecule has 0 aliphatic heterocycles. The number of benzene rings is 3. The van der Waals surface area contributed by atoms with Crippen LogP contribution in [0.1, 0.15) is 10.4 Å². The molecule has 28 heavy (non-hydrogen) atoms. The van der Waals surface area contributed by atoms with Gasteiger partial charge in [0.15, 0.2) is 0 Å². The van der Waals surface area contributed by atoms with E-state index in [1.54, 1.807) is 54.6 Å². The number of carbonyl (C=O) groups is 1. The van der Waals surface area contributed by atoms with Crippen molar-refractivity contribution in [2.24, 2.45) is 0 Å². The molecule has 2 N–H and O–H groups in total. The predicted molar refractivity (Wildman–Crippen MR) is 116 cm³/mol. The van der Waals surface area contributed by atoms with E-state index in [0.29, 0.717) is 53.8 Å². The number of halogens is 4. The van der Waals surface area contributed by atoms with Crippen LogP contribution in [-0.2, 0) is 0 Å². The monoisotopic (exact) mass is 449 g/mol. The average molecular weight is 451 g/mol. The molecule has 0 unspecified atom stereocenters. The molecule has 4 aromatic rings. The lowest BCUT2D eigenvalue weighted by atomic mass is 10.2. The Kier molecular flexibility index (Phi) is 5.21. The summed E-state index contributed by atoms with van der Waals surface area (Å²) in [5.74, 6) is 0.250. The largest absolute Gasteiger partial charge is 0.338 e. The minimum Gasteiger partial charge on any atom is -0.338 e. The van der Waals surface area contributed by atoms with Gasteiger partial charge in [0.1, 0.15) is 5.82 Å². The van der Waals surface area contributed by atoms with Gasteiger partial charge in [0.2, 0.25) is 0 Å². The van der Waals surface area contributed by atoms with Crippen molar-refractivity contribution < 1.29 is 4.79 Å². The van der Waals surface area contributed by atoms with Crippen LogP contribution in [0, 0.1) is 0 Å². The zero-order valence-corrected chi connectivity index (χ0v) is 17.1. The van der Waals surface area contributed by atoms with Gasteiger partial charge in [0, 0.05) is 11.3 Å². The molecule has 140 valence electrons. The topological polar surface area (TPSA) is 57.8 Å². The fourth-order valence-corrected chi connectivity index (χ4v) is 3.64. The highest BCUT2D eigenvalue weighted by Gasteiger charge is 2.14. The first-order valence-corrected chi connectivity index (χ1v) is 9.64. The molecule has 0 spiro atoms. The van der Waals surface area contributed by atoms with E-state index in [1.807, 2.05) is 0 Å². The maximum Gasteiger partial charge on any atom is 0.255 e. The summed E-state index contributed by atoms with van der Waals surface area (Å²) in [5, 5.41) is 4.56. The molecule has 4 nitrogen and oxygen atoms in total.